The van der Waals surface area contributed by atoms with Gasteiger partial charge < -0.3 is 4.74 Å². The molecule has 3 atom stereocenters. The molecule has 0 aliphatic carbocycles. The number of esters is 1. The molecule has 3 aliphatic rings. The zero-order valence-electron chi connectivity index (χ0n) is 6.04. The molecule has 3 aliphatic heterocycles. The number of methoxy groups -OCH3 is 1. The van der Waals surface area contributed by atoms with E-state index in [0.29, 0.717) is 5.92 Å². The highest BCUT2D eigenvalue weighted by Gasteiger charge is 2.49. The van der Waals surface area contributed by atoms with E-state index >= 15 is 0 Å². The quantitative estimate of drug-likeness (QED) is 0.476. The largest absolute Gasteiger partial charge is 0.468 e. The summed E-state index contributed by atoms with van der Waals surface area (Å²) in [6, 6.07) is 0.116. The predicted molar refractivity (Wildman–Crippen MR) is 35.5 cm³/mol. The van der Waals surface area contributed by atoms with Gasteiger partial charge >= 0.3 is 5.97 Å². The Labute approximate surface area is 60.0 Å². The SMILES string of the molecule is COC(=O)C1C2CCN1C2. The molecule has 2 bridgehead atoms. The minimum absolute atomic E-state index is 0.0475. The van der Waals surface area contributed by atoms with Gasteiger partial charge in [-0.25, -0.2) is 0 Å². The van der Waals surface area contributed by atoms with Crippen molar-refractivity contribution in [1.29, 1.82) is 0 Å². The molecular formula is C7H11NO2. The molecule has 56 valence electrons. The Bertz CT molecular complexity index is 155. The molecule has 0 saturated carbocycles. The third kappa shape index (κ3) is 0.611. The van der Waals surface area contributed by atoms with Crippen molar-refractivity contribution in [3.05, 3.63) is 0 Å². The fraction of sp³-hybridized carbons (Fsp3) is 0.857. The van der Waals surface area contributed by atoms with E-state index in [0.717, 1.165) is 13.1 Å². The lowest BCUT2D eigenvalue weighted by molar-refractivity contribution is -0.152. The fourth-order valence-electron chi connectivity index (χ4n) is 1.95. The van der Waals surface area contributed by atoms with Crippen molar-refractivity contribution in [3.8, 4) is 0 Å². The van der Waals surface area contributed by atoms with Gasteiger partial charge in [-0.15, -0.1) is 0 Å². The maximum Gasteiger partial charge on any atom is 0.323 e. The second-order valence-corrected chi connectivity index (χ2v) is 3.01. The molecule has 3 heterocycles. The topological polar surface area (TPSA) is 29.5 Å². The van der Waals surface area contributed by atoms with Crippen molar-refractivity contribution in [2.45, 2.75) is 12.5 Å². The van der Waals surface area contributed by atoms with Crippen LogP contribution in [-0.4, -0.2) is 37.1 Å². The molecule has 0 radical (unpaired) electrons. The zero-order valence-corrected chi connectivity index (χ0v) is 6.04. The monoisotopic (exact) mass is 141 g/mol. The molecule has 3 saturated heterocycles. The van der Waals surface area contributed by atoms with Crippen molar-refractivity contribution in [2.24, 2.45) is 5.92 Å². The summed E-state index contributed by atoms with van der Waals surface area (Å²) in [6.45, 7) is 2.20. The molecule has 0 aromatic rings. The Morgan fingerprint density at radius 2 is 2.50 bits per heavy atom. The van der Waals surface area contributed by atoms with Gasteiger partial charge in [0.05, 0.1) is 7.11 Å². The van der Waals surface area contributed by atoms with Crippen molar-refractivity contribution >= 4 is 5.97 Å². The number of ether oxygens (including phenoxy) is 1. The first kappa shape index (κ1) is 6.16. The van der Waals surface area contributed by atoms with Crippen molar-refractivity contribution in [2.75, 3.05) is 20.2 Å². The van der Waals surface area contributed by atoms with Gasteiger partial charge in [0.1, 0.15) is 6.04 Å². The second kappa shape index (κ2) is 1.95. The van der Waals surface area contributed by atoms with E-state index in [9.17, 15) is 4.79 Å². The van der Waals surface area contributed by atoms with Crippen LogP contribution in [0.4, 0.5) is 0 Å². The number of hydrogen-bond donors (Lipinski definition) is 0. The molecule has 0 N–H and O–H groups in total. The predicted octanol–water partition coefficient (Wildman–Crippen LogP) is -0.137. The number of fused-ring (bicyclic) bond motifs is 1. The van der Waals surface area contributed by atoms with Crippen LogP contribution in [0.3, 0.4) is 0 Å². The fourth-order valence-corrected chi connectivity index (χ4v) is 1.95. The number of carbonyl (C=O) groups excluding carboxylic acids is 1. The minimum atomic E-state index is -0.0475. The standard InChI is InChI=1S/C7H11NO2/c1-10-7(9)6-5-2-3-8(6)4-5/h5-6H,2-4H2,1H3. The van der Waals surface area contributed by atoms with Crippen molar-refractivity contribution in [1.82, 2.24) is 4.90 Å². The van der Waals surface area contributed by atoms with E-state index in [1.807, 2.05) is 0 Å². The van der Waals surface area contributed by atoms with E-state index in [1.165, 1.54) is 13.5 Å². The molecule has 3 heteroatoms. The molecule has 3 fully saturated rings. The average molecular weight is 141 g/mol. The summed E-state index contributed by atoms with van der Waals surface area (Å²) in [6.07, 6.45) is 1.18. The van der Waals surface area contributed by atoms with Crippen molar-refractivity contribution in [3.63, 3.8) is 0 Å². The summed E-state index contributed by atoms with van der Waals surface area (Å²) in [7, 11) is 1.46. The summed E-state index contributed by atoms with van der Waals surface area (Å²) >= 11 is 0. The molecule has 3 rings (SSSR count). The van der Waals surface area contributed by atoms with E-state index in [4.69, 9.17) is 0 Å². The van der Waals surface area contributed by atoms with Gasteiger partial charge in [-0.2, -0.15) is 0 Å². The smallest absolute Gasteiger partial charge is 0.323 e. The van der Waals surface area contributed by atoms with Gasteiger partial charge in [0.15, 0.2) is 0 Å². The van der Waals surface area contributed by atoms with Crippen LogP contribution >= 0.6 is 0 Å². The third-order valence-corrected chi connectivity index (χ3v) is 2.54. The average Bonchev–Trinajstić information content (AvgIpc) is 2.44. The van der Waals surface area contributed by atoms with Crippen molar-refractivity contribution < 1.29 is 9.53 Å². The van der Waals surface area contributed by atoms with Gasteiger partial charge in [-0.05, 0) is 18.9 Å². The Morgan fingerprint density at radius 3 is 2.90 bits per heavy atom. The van der Waals surface area contributed by atoms with Gasteiger partial charge in [0, 0.05) is 6.54 Å². The van der Waals surface area contributed by atoms with E-state index < -0.39 is 0 Å². The molecular weight excluding hydrogens is 130 g/mol. The summed E-state index contributed by atoms with van der Waals surface area (Å²) in [5.41, 5.74) is 0. The summed E-state index contributed by atoms with van der Waals surface area (Å²) in [5, 5.41) is 0. The van der Waals surface area contributed by atoms with Crippen LogP contribution in [0.25, 0.3) is 0 Å². The number of nitrogens with zero attached hydrogens (tertiary/aromatic N) is 1. The summed E-state index contributed by atoms with van der Waals surface area (Å²) in [4.78, 5) is 13.2. The van der Waals surface area contributed by atoms with Crippen LogP contribution in [0, 0.1) is 5.92 Å². The Balaban J connectivity index is 2.02. The normalized spacial score (nSPS) is 42.7. The molecule has 0 aromatic heterocycles. The molecule has 0 spiro atoms. The minimum Gasteiger partial charge on any atom is -0.468 e. The number of hydrogen-bond acceptors (Lipinski definition) is 3. The maximum atomic E-state index is 11.0. The third-order valence-electron chi connectivity index (χ3n) is 2.54. The van der Waals surface area contributed by atoms with E-state index in [-0.39, 0.29) is 12.0 Å². The lowest BCUT2D eigenvalue weighted by Crippen LogP contribution is -2.52. The maximum absolute atomic E-state index is 11.0. The van der Waals surface area contributed by atoms with Crippen LogP contribution in [0.2, 0.25) is 0 Å². The second-order valence-electron chi connectivity index (χ2n) is 3.01. The van der Waals surface area contributed by atoms with Crippen LogP contribution < -0.4 is 0 Å². The summed E-state index contributed by atoms with van der Waals surface area (Å²) < 4.78 is 4.65. The highest BCUT2D eigenvalue weighted by atomic mass is 16.5. The molecule has 0 aromatic carbocycles. The van der Waals surface area contributed by atoms with Gasteiger partial charge in [-0.1, -0.05) is 0 Å². The first-order valence-electron chi connectivity index (χ1n) is 3.65. The molecule has 10 heavy (non-hydrogen) atoms. The first-order valence-corrected chi connectivity index (χ1v) is 3.65. The van der Waals surface area contributed by atoms with Gasteiger partial charge in [-0.3, -0.25) is 9.69 Å². The summed E-state index contributed by atoms with van der Waals surface area (Å²) in [5.74, 6) is 0.557. The zero-order chi connectivity index (χ0) is 7.14. The Kier molecular flexibility index (Phi) is 1.20. The lowest BCUT2D eigenvalue weighted by atomic mass is 9.94. The van der Waals surface area contributed by atoms with Crippen LogP contribution in [0.15, 0.2) is 0 Å². The Morgan fingerprint density at radius 1 is 1.70 bits per heavy atom. The number of carbonyl (C=O) groups is 1. The first-order chi connectivity index (χ1) is 4.83. The van der Waals surface area contributed by atoms with Gasteiger partial charge in [0.2, 0.25) is 0 Å². The molecule has 3 unspecified atom stereocenters. The van der Waals surface area contributed by atoms with Gasteiger partial charge in [0.25, 0.3) is 0 Å². The van der Waals surface area contributed by atoms with E-state index in [1.54, 1.807) is 0 Å². The lowest BCUT2D eigenvalue weighted by Gasteiger charge is -2.36. The molecule has 3 nitrogen and oxygen atoms in total. The van der Waals surface area contributed by atoms with E-state index in [2.05, 4.69) is 9.64 Å². The van der Waals surface area contributed by atoms with Crippen LogP contribution in [0.5, 0.6) is 0 Å². The van der Waals surface area contributed by atoms with Crippen LogP contribution in [-0.2, 0) is 9.53 Å². The highest BCUT2D eigenvalue weighted by Crippen LogP contribution is 2.36. The number of rotatable bonds is 1. The highest BCUT2D eigenvalue weighted by molar-refractivity contribution is 5.77. The molecule has 0 amide bonds. The Hall–Kier alpha value is -0.570. The van der Waals surface area contributed by atoms with Crippen LogP contribution in [0.1, 0.15) is 6.42 Å².